The van der Waals surface area contributed by atoms with Gasteiger partial charge >= 0.3 is 0 Å². The molecule has 0 unspecified atom stereocenters. The molecule has 0 heterocycles. The number of hydrogen-bond acceptors (Lipinski definition) is 4. The molecule has 34 heavy (non-hydrogen) atoms. The number of hydrogen-bond donors (Lipinski definition) is 1. The summed E-state index contributed by atoms with van der Waals surface area (Å²) < 4.78 is 27.8. The third kappa shape index (κ3) is 6.85. The summed E-state index contributed by atoms with van der Waals surface area (Å²) in [6, 6.07) is 23.7. The fraction of sp³-hybridized carbons (Fsp3) is 0.259. The van der Waals surface area contributed by atoms with Gasteiger partial charge in [-0.15, -0.1) is 0 Å². The van der Waals surface area contributed by atoms with Crippen molar-refractivity contribution in [3.05, 3.63) is 101 Å². The Labute approximate surface area is 202 Å². The van der Waals surface area contributed by atoms with E-state index < -0.39 is 15.9 Å². The topological polar surface area (TPSA) is 78.8 Å². The molecule has 0 aromatic heterocycles. The molecule has 0 saturated heterocycles. The van der Waals surface area contributed by atoms with Crippen LogP contribution >= 0.6 is 0 Å². The van der Waals surface area contributed by atoms with E-state index >= 15 is 0 Å². The number of nitrogens with one attached hydrogen (secondary N) is 1. The van der Waals surface area contributed by atoms with E-state index in [1.165, 1.54) is 5.56 Å². The molecule has 7 heteroatoms. The molecular formula is C27H31N3O3S. The highest BCUT2D eigenvalue weighted by Gasteiger charge is 2.26. The van der Waals surface area contributed by atoms with Crippen molar-refractivity contribution < 1.29 is 13.2 Å². The van der Waals surface area contributed by atoms with Crippen LogP contribution in [-0.4, -0.2) is 31.4 Å². The van der Waals surface area contributed by atoms with Crippen LogP contribution < -0.4 is 5.43 Å². The zero-order valence-corrected chi connectivity index (χ0v) is 20.8. The highest BCUT2D eigenvalue weighted by atomic mass is 32.2. The molecular weight excluding hydrogens is 446 g/mol. The molecule has 0 fully saturated rings. The maximum Gasteiger partial charge on any atom is 0.255 e. The van der Waals surface area contributed by atoms with Gasteiger partial charge in [-0.25, -0.2) is 13.8 Å². The van der Waals surface area contributed by atoms with Gasteiger partial charge in [-0.05, 0) is 41.2 Å². The van der Waals surface area contributed by atoms with Crippen molar-refractivity contribution in [1.29, 1.82) is 0 Å². The van der Waals surface area contributed by atoms with Crippen molar-refractivity contribution in [2.45, 2.75) is 44.6 Å². The zero-order valence-electron chi connectivity index (χ0n) is 20.0. The van der Waals surface area contributed by atoms with E-state index in [9.17, 15) is 13.2 Å². The van der Waals surface area contributed by atoms with Gasteiger partial charge in [0.25, 0.3) is 5.91 Å². The number of aryl methyl sites for hydroxylation is 1. The lowest BCUT2D eigenvalue weighted by atomic mass is 9.87. The van der Waals surface area contributed by atoms with Gasteiger partial charge in [0.15, 0.2) is 0 Å². The third-order valence-corrected chi connectivity index (χ3v) is 7.17. The van der Waals surface area contributed by atoms with Crippen LogP contribution in [0.15, 0.2) is 88.9 Å². The lowest BCUT2D eigenvalue weighted by Gasteiger charge is -2.21. The standard InChI is InChI=1S/C27H31N3O3S/c1-21-10-16-25(17-11-21)34(32,33)30(19-23-8-6-5-7-9-23)20-26(31)29-28-18-22-12-14-24(15-13-22)27(2,3)4/h5-18H,19-20H2,1-4H3,(H,29,31)/b28-18+. The summed E-state index contributed by atoms with van der Waals surface area (Å²) in [7, 11) is -3.89. The van der Waals surface area contributed by atoms with Crippen LogP contribution in [0.5, 0.6) is 0 Å². The summed E-state index contributed by atoms with van der Waals surface area (Å²) in [6.07, 6.45) is 1.54. The second-order valence-corrected chi connectivity index (χ2v) is 11.2. The highest BCUT2D eigenvalue weighted by molar-refractivity contribution is 7.89. The molecule has 6 nitrogen and oxygen atoms in total. The van der Waals surface area contributed by atoms with E-state index in [0.29, 0.717) is 0 Å². The number of benzene rings is 3. The fourth-order valence-corrected chi connectivity index (χ4v) is 4.70. The SMILES string of the molecule is Cc1ccc(S(=O)(=O)N(CC(=O)N/N=C/c2ccc(C(C)(C)C)cc2)Cc2ccccc2)cc1. The Kier molecular flexibility index (Phi) is 8.02. The molecule has 1 N–H and O–H groups in total. The van der Waals surface area contributed by atoms with Gasteiger partial charge in [0, 0.05) is 6.54 Å². The van der Waals surface area contributed by atoms with Crippen LogP contribution in [0.25, 0.3) is 0 Å². The Hall–Kier alpha value is -3.29. The summed E-state index contributed by atoms with van der Waals surface area (Å²) in [4.78, 5) is 12.8. The Bertz CT molecular complexity index is 1230. The Morgan fingerprint density at radius 3 is 2.15 bits per heavy atom. The molecule has 0 aliphatic heterocycles. The van der Waals surface area contributed by atoms with E-state index in [4.69, 9.17) is 0 Å². The summed E-state index contributed by atoms with van der Waals surface area (Å²) >= 11 is 0. The first kappa shape index (κ1) is 25.3. The van der Waals surface area contributed by atoms with Gasteiger partial charge in [0.1, 0.15) is 0 Å². The zero-order chi connectivity index (χ0) is 24.8. The van der Waals surface area contributed by atoms with Crippen molar-refractivity contribution >= 4 is 22.1 Å². The third-order valence-electron chi connectivity index (χ3n) is 5.36. The first-order chi connectivity index (χ1) is 16.1. The number of hydrazone groups is 1. The number of carbonyl (C=O) groups is 1. The molecule has 0 atom stereocenters. The van der Waals surface area contributed by atoms with Crippen molar-refractivity contribution in [2.24, 2.45) is 5.10 Å². The number of amides is 1. The minimum absolute atomic E-state index is 0.0506. The van der Waals surface area contributed by atoms with Crippen molar-refractivity contribution in [1.82, 2.24) is 9.73 Å². The largest absolute Gasteiger partial charge is 0.272 e. The monoisotopic (exact) mass is 477 g/mol. The van der Waals surface area contributed by atoms with Crippen LogP contribution in [0.4, 0.5) is 0 Å². The number of sulfonamides is 1. The molecule has 3 rings (SSSR count). The van der Waals surface area contributed by atoms with Crippen molar-refractivity contribution in [2.75, 3.05) is 6.54 Å². The van der Waals surface area contributed by atoms with E-state index in [2.05, 4.69) is 31.3 Å². The summed E-state index contributed by atoms with van der Waals surface area (Å²) in [5, 5.41) is 4.01. The molecule has 3 aromatic rings. The second-order valence-electron chi connectivity index (χ2n) is 9.24. The van der Waals surface area contributed by atoms with Gasteiger partial charge < -0.3 is 0 Å². The maximum absolute atomic E-state index is 13.3. The predicted molar refractivity (Wildman–Crippen MR) is 136 cm³/mol. The van der Waals surface area contributed by atoms with Crippen LogP contribution in [0.3, 0.4) is 0 Å². The first-order valence-electron chi connectivity index (χ1n) is 11.1. The highest BCUT2D eigenvalue weighted by Crippen LogP contribution is 2.22. The lowest BCUT2D eigenvalue weighted by Crippen LogP contribution is -2.39. The van der Waals surface area contributed by atoms with E-state index in [-0.39, 0.29) is 23.4 Å². The quantitative estimate of drug-likeness (QED) is 0.379. The molecule has 0 bridgehead atoms. The van der Waals surface area contributed by atoms with Gasteiger partial charge in [-0.3, -0.25) is 4.79 Å². The Morgan fingerprint density at radius 1 is 0.941 bits per heavy atom. The molecule has 1 amide bonds. The number of carbonyl (C=O) groups excluding carboxylic acids is 1. The molecule has 0 saturated carbocycles. The molecule has 3 aromatic carbocycles. The molecule has 0 radical (unpaired) electrons. The van der Waals surface area contributed by atoms with Crippen LogP contribution in [-0.2, 0) is 26.8 Å². The van der Waals surface area contributed by atoms with Gasteiger partial charge in [0.2, 0.25) is 10.0 Å². The first-order valence-corrected chi connectivity index (χ1v) is 12.5. The van der Waals surface area contributed by atoms with Crippen LogP contribution in [0.2, 0.25) is 0 Å². The Balaban J connectivity index is 1.73. The average molecular weight is 478 g/mol. The van der Waals surface area contributed by atoms with Gasteiger partial charge in [-0.1, -0.05) is 93.1 Å². The van der Waals surface area contributed by atoms with Crippen LogP contribution in [0, 0.1) is 6.92 Å². The van der Waals surface area contributed by atoms with E-state index in [1.807, 2.05) is 61.5 Å². The lowest BCUT2D eigenvalue weighted by molar-refractivity contribution is -0.121. The van der Waals surface area contributed by atoms with E-state index in [1.54, 1.807) is 30.5 Å². The number of rotatable bonds is 8. The molecule has 0 aliphatic carbocycles. The summed E-state index contributed by atoms with van der Waals surface area (Å²) in [5.74, 6) is -0.519. The van der Waals surface area contributed by atoms with Gasteiger partial charge in [-0.2, -0.15) is 9.41 Å². The van der Waals surface area contributed by atoms with E-state index in [0.717, 1.165) is 21.0 Å². The van der Waals surface area contributed by atoms with Crippen molar-refractivity contribution in [3.63, 3.8) is 0 Å². The molecule has 0 aliphatic rings. The minimum Gasteiger partial charge on any atom is -0.272 e. The normalized spacial score (nSPS) is 12.3. The maximum atomic E-state index is 13.3. The van der Waals surface area contributed by atoms with Crippen molar-refractivity contribution in [3.8, 4) is 0 Å². The van der Waals surface area contributed by atoms with Crippen LogP contribution in [0.1, 0.15) is 43.0 Å². The summed E-state index contributed by atoms with van der Waals surface area (Å²) in [5.41, 5.74) is 6.28. The fourth-order valence-electron chi connectivity index (χ4n) is 3.32. The molecule has 178 valence electrons. The average Bonchev–Trinajstić information content (AvgIpc) is 2.79. The molecule has 0 spiro atoms. The van der Waals surface area contributed by atoms with Gasteiger partial charge in [0.05, 0.1) is 17.7 Å². The summed E-state index contributed by atoms with van der Waals surface area (Å²) in [6.45, 7) is 8.03. The number of nitrogens with zero attached hydrogens (tertiary/aromatic N) is 2. The Morgan fingerprint density at radius 2 is 1.56 bits per heavy atom. The minimum atomic E-state index is -3.89. The smallest absolute Gasteiger partial charge is 0.255 e. The second kappa shape index (κ2) is 10.8. The predicted octanol–water partition coefficient (Wildman–Crippen LogP) is 4.63.